The molecule has 1 heterocycles. The highest BCUT2D eigenvalue weighted by molar-refractivity contribution is 5.85. The van der Waals surface area contributed by atoms with Crippen LogP contribution in [0.3, 0.4) is 0 Å². The molecule has 1 saturated heterocycles. The first-order valence-electron chi connectivity index (χ1n) is 8.25. The molecule has 5 heteroatoms. The zero-order chi connectivity index (χ0) is 16.8. The van der Waals surface area contributed by atoms with Crippen molar-refractivity contribution in [3.63, 3.8) is 0 Å². The van der Waals surface area contributed by atoms with E-state index in [1.165, 1.54) is 0 Å². The number of amides is 1. The summed E-state index contributed by atoms with van der Waals surface area (Å²) in [6, 6.07) is 8.52. The molecule has 0 aliphatic carbocycles. The molecule has 0 saturated carbocycles. The Kier molecular flexibility index (Phi) is 6.16. The van der Waals surface area contributed by atoms with Crippen LogP contribution in [-0.2, 0) is 16.0 Å². The predicted octanol–water partition coefficient (Wildman–Crippen LogP) is 1.78. The summed E-state index contributed by atoms with van der Waals surface area (Å²) in [4.78, 5) is 26.1. The second-order valence-electron chi connectivity index (χ2n) is 6.73. The third kappa shape index (κ3) is 5.36. The van der Waals surface area contributed by atoms with Crippen LogP contribution in [0.2, 0.25) is 0 Å². The third-order valence-corrected chi connectivity index (χ3v) is 4.16. The molecule has 1 unspecified atom stereocenters. The van der Waals surface area contributed by atoms with E-state index in [1.54, 1.807) is 0 Å². The summed E-state index contributed by atoms with van der Waals surface area (Å²) in [5.41, 5.74) is 0.910. The van der Waals surface area contributed by atoms with Crippen molar-refractivity contribution in [2.24, 2.45) is 11.8 Å². The van der Waals surface area contributed by atoms with E-state index in [4.69, 9.17) is 0 Å². The average molecular weight is 318 g/mol. The monoisotopic (exact) mass is 318 g/mol. The van der Waals surface area contributed by atoms with Crippen LogP contribution in [0.4, 0.5) is 0 Å². The van der Waals surface area contributed by atoms with Crippen molar-refractivity contribution in [2.75, 3.05) is 19.6 Å². The van der Waals surface area contributed by atoms with Gasteiger partial charge in [0.1, 0.15) is 6.04 Å². The van der Waals surface area contributed by atoms with Gasteiger partial charge in [0.2, 0.25) is 5.91 Å². The minimum atomic E-state index is -0.987. The normalized spacial score (nSPS) is 19.7. The van der Waals surface area contributed by atoms with Crippen LogP contribution in [-0.4, -0.2) is 47.6 Å². The lowest BCUT2D eigenvalue weighted by molar-refractivity contribution is -0.142. The fraction of sp³-hybridized carbons (Fsp3) is 0.556. The van der Waals surface area contributed by atoms with E-state index in [0.717, 1.165) is 31.6 Å². The number of carboxylic acids is 1. The quantitative estimate of drug-likeness (QED) is 0.804. The molecular formula is C18H26N2O3. The van der Waals surface area contributed by atoms with Crippen molar-refractivity contribution >= 4 is 11.9 Å². The first kappa shape index (κ1) is 17.5. The summed E-state index contributed by atoms with van der Waals surface area (Å²) in [5, 5.41) is 12.1. The molecule has 0 spiro atoms. The van der Waals surface area contributed by atoms with Crippen molar-refractivity contribution in [2.45, 2.75) is 32.7 Å². The van der Waals surface area contributed by atoms with Gasteiger partial charge in [0.05, 0.1) is 5.92 Å². The summed E-state index contributed by atoms with van der Waals surface area (Å²) < 4.78 is 0. The van der Waals surface area contributed by atoms with Crippen LogP contribution in [0.25, 0.3) is 0 Å². The lowest BCUT2D eigenvalue weighted by Gasteiger charge is -2.19. The van der Waals surface area contributed by atoms with Crippen molar-refractivity contribution in [1.82, 2.24) is 10.2 Å². The molecule has 1 aromatic rings. The Hall–Kier alpha value is -1.88. The molecule has 1 fully saturated rings. The summed E-state index contributed by atoms with van der Waals surface area (Å²) in [6.07, 6.45) is 1.11. The molecule has 2 rings (SSSR count). The first-order valence-corrected chi connectivity index (χ1v) is 8.25. The minimum absolute atomic E-state index is 0.105. The topological polar surface area (TPSA) is 69.6 Å². The number of carbonyl (C=O) groups excluding carboxylic acids is 1. The number of carboxylic acid groups (broad SMARTS) is 1. The Labute approximate surface area is 137 Å². The van der Waals surface area contributed by atoms with Gasteiger partial charge in [0.25, 0.3) is 0 Å². The van der Waals surface area contributed by atoms with Gasteiger partial charge in [0, 0.05) is 19.5 Å². The number of hydrogen-bond acceptors (Lipinski definition) is 3. The van der Waals surface area contributed by atoms with E-state index >= 15 is 0 Å². The molecule has 5 nitrogen and oxygen atoms in total. The molecule has 1 aliphatic rings. The van der Waals surface area contributed by atoms with Crippen LogP contribution >= 0.6 is 0 Å². The lowest BCUT2D eigenvalue weighted by atomic mass is 10.0. The highest BCUT2D eigenvalue weighted by Crippen LogP contribution is 2.18. The largest absolute Gasteiger partial charge is 0.480 e. The zero-order valence-corrected chi connectivity index (χ0v) is 13.9. The molecular weight excluding hydrogens is 292 g/mol. The van der Waals surface area contributed by atoms with Crippen molar-refractivity contribution in [3.8, 4) is 0 Å². The van der Waals surface area contributed by atoms with E-state index in [-0.39, 0.29) is 11.8 Å². The SMILES string of the molecule is CC(C)CN1CCC(C(=O)N[C@H](Cc2ccccc2)C(=O)O)C1. The number of carbonyl (C=O) groups is 2. The van der Waals surface area contributed by atoms with Crippen molar-refractivity contribution in [3.05, 3.63) is 35.9 Å². The highest BCUT2D eigenvalue weighted by Gasteiger charge is 2.31. The van der Waals surface area contributed by atoms with Crippen LogP contribution in [0.5, 0.6) is 0 Å². The number of nitrogens with zero attached hydrogens (tertiary/aromatic N) is 1. The van der Waals surface area contributed by atoms with E-state index in [1.807, 2.05) is 30.3 Å². The Balaban J connectivity index is 1.90. The van der Waals surface area contributed by atoms with Crippen molar-refractivity contribution < 1.29 is 14.7 Å². The maximum absolute atomic E-state index is 12.4. The second kappa shape index (κ2) is 8.11. The van der Waals surface area contributed by atoms with Gasteiger partial charge in [-0.2, -0.15) is 0 Å². The maximum Gasteiger partial charge on any atom is 0.326 e. The zero-order valence-electron chi connectivity index (χ0n) is 13.9. The van der Waals surface area contributed by atoms with Gasteiger partial charge < -0.3 is 15.3 Å². The fourth-order valence-electron chi connectivity index (χ4n) is 3.07. The molecule has 0 radical (unpaired) electrons. The lowest BCUT2D eigenvalue weighted by Crippen LogP contribution is -2.45. The van der Waals surface area contributed by atoms with E-state index in [9.17, 15) is 14.7 Å². The summed E-state index contributed by atoms with van der Waals surface area (Å²) in [7, 11) is 0. The number of benzene rings is 1. The van der Waals surface area contributed by atoms with E-state index < -0.39 is 12.0 Å². The number of hydrogen-bond donors (Lipinski definition) is 2. The maximum atomic E-state index is 12.4. The smallest absolute Gasteiger partial charge is 0.326 e. The minimum Gasteiger partial charge on any atom is -0.480 e. The van der Waals surface area contributed by atoms with Gasteiger partial charge >= 0.3 is 5.97 Å². The van der Waals surface area contributed by atoms with Crippen LogP contribution in [0, 0.1) is 11.8 Å². The molecule has 1 aliphatic heterocycles. The summed E-state index contributed by atoms with van der Waals surface area (Å²) in [5.74, 6) is -0.660. The Morgan fingerprint density at radius 1 is 1.30 bits per heavy atom. The van der Waals surface area contributed by atoms with Crippen LogP contribution in [0.15, 0.2) is 30.3 Å². The Morgan fingerprint density at radius 2 is 2.00 bits per heavy atom. The molecule has 2 N–H and O–H groups in total. The van der Waals surface area contributed by atoms with Gasteiger partial charge in [0.15, 0.2) is 0 Å². The van der Waals surface area contributed by atoms with E-state index in [0.29, 0.717) is 12.3 Å². The Morgan fingerprint density at radius 3 is 2.61 bits per heavy atom. The molecule has 1 amide bonds. The number of aliphatic carboxylic acids is 1. The van der Waals surface area contributed by atoms with Gasteiger partial charge in [-0.25, -0.2) is 4.79 Å². The van der Waals surface area contributed by atoms with Gasteiger partial charge in [-0.15, -0.1) is 0 Å². The van der Waals surface area contributed by atoms with E-state index in [2.05, 4.69) is 24.1 Å². The van der Waals surface area contributed by atoms with Crippen LogP contribution in [0.1, 0.15) is 25.8 Å². The molecule has 23 heavy (non-hydrogen) atoms. The number of rotatable bonds is 7. The molecule has 2 atom stereocenters. The van der Waals surface area contributed by atoms with Crippen molar-refractivity contribution in [1.29, 1.82) is 0 Å². The Bertz CT molecular complexity index is 530. The average Bonchev–Trinajstić information content (AvgIpc) is 2.95. The second-order valence-corrected chi connectivity index (χ2v) is 6.73. The first-order chi connectivity index (χ1) is 11.0. The molecule has 1 aromatic carbocycles. The predicted molar refractivity (Wildman–Crippen MR) is 89.1 cm³/mol. The van der Waals surface area contributed by atoms with Gasteiger partial charge in [-0.1, -0.05) is 44.2 Å². The highest BCUT2D eigenvalue weighted by atomic mass is 16.4. The van der Waals surface area contributed by atoms with Gasteiger partial charge in [-0.05, 0) is 24.4 Å². The molecule has 126 valence electrons. The van der Waals surface area contributed by atoms with Gasteiger partial charge in [-0.3, -0.25) is 4.79 Å². The summed E-state index contributed by atoms with van der Waals surface area (Å²) in [6.45, 7) is 6.94. The molecule has 0 aromatic heterocycles. The molecule has 0 bridgehead atoms. The fourth-order valence-corrected chi connectivity index (χ4v) is 3.07. The number of nitrogens with one attached hydrogen (secondary N) is 1. The number of likely N-dealkylation sites (tertiary alicyclic amines) is 1. The van der Waals surface area contributed by atoms with Crippen LogP contribution < -0.4 is 5.32 Å². The standard InChI is InChI=1S/C18H26N2O3/c1-13(2)11-20-9-8-15(12-20)17(21)19-16(18(22)23)10-14-6-4-3-5-7-14/h3-7,13,15-16H,8-12H2,1-2H3,(H,19,21)(H,22,23)/t15?,16-/m1/s1. The summed E-state index contributed by atoms with van der Waals surface area (Å²) >= 11 is 0. The third-order valence-electron chi connectivity index (χ3n) is 4.16.